The van der Waals surface area contributed by atoms with Crippen LogP contribution in [0.2, 0.25) is 0 Å². The van der Waals surface area contributed by atoms with E-state index in [4.69, 9.17) is 18.6 Å². The van der Waals surface area contributed by atoms with Gasteiger partial charge in [-0.25, -0.2) is 0 Å². The highest BCUT2D eigenvalue weighted by Gasteiger charge is 2.28. The van der Waals surface area contributed by atoms with E-state index in [0.717, 1.165) is 30.8 Å². The summed E-state index contributed by atoms with van der Waals surface area (Å²) in [7, 11) is 8.81. The number of carbonyl (C=O) groups is 1. The van der Waals surface area contributed by atoms with Crippen LogP contribution < -0.4 is 19.1 Å². The molecule has 0 radical (unpaired) electrons. The van der Waals surface area contributed by atoms with E-state index in [2.05, 4.69) is 23.9 Å². The minimum atomic E-state index is -0.119. The third-order valence-electron chi connectivity index (χ3n) is 6.21. The second-order valence-electron chi connectivity index (χ2n) is 8.30. The minimum Gasteiger partial charge on any atom is -0.493 e. The molecule has 3 aromatic rings. The highest BCUT2D eigenvalue weighted by Crippen LogP contribution is 2.40. The maximum absolute atomic E-state index is 13.9. The van der Waals surface area contributed by atoms with Crippen molar-refractivity contribution in [2.45, 2.75) is 12.5 Å². The first kappa shape index (κ1) is 22.7. The van der Waals surface area contributed by atoms with E-state index < -0.39 is 0 Å². The van der Waals surface area contributed by atoms with Crippen LogP contribution in [-0.2, 0) is 0 Å². The van der Waals surface area contributed by atoms with Crippen LogP contribution in [0.3, 0.4) is 0 Å². The van der Waals surface area contributed by atoms with Crippen molar-refractivity contribution in [1.29, 1.82) is 0 Å². The third-order valence-corrected chi connectivity index (χ3v) is 6.21. The van der Waals surface area contributed by atoms with E-state index >= 15 is 0 Å². The van der Waals surface area contributed by atoms with Gasteiger partial charge in [0.2, 0.25) is 5.75 Å². The van der Waals surface area contributed by atoms with E-state index in [1.54, 1.807) is 39.7 Å². The molecule has 1 fully saturated rings. The molecule has 0 saturated carbocycles. The first-order chi connectivity index (χ1) is 16.0. The summed E-state index contributed by atoms with van der Waals surface area (Å²) in [6.45, 7) is 1.75. The van der Waals surface area contributed by atoms with Gasteiger partial charge in [0.25, 0.3) is 0 Å². The van der Waals surface area contributed by atoms with E-state index in [9.17, 15) is 4.79 Å². The Labute approximate surface area is 194 Å². The second-order valence-corrected chi connectivity index (χ2v) is 8.30. The van der Waals surface area contributed by atoms with Crippen molar-refractivity contribution < 1.29 is 23.4 Å². The van der Waals surface area contributed by atoms with Crippen LogP contribution in [0.15, 0.2) is 53.1 Å². The largest absolute Gasteiger partial charge is 0.493 e. The number of carbonyl (C=O) groups excluding carboxylic acids is 1. The third kappa shape index (κ3) is 4.41. The van der Waals surface area contributed by atoms with Crippen molar-refractivity contribution in [1.82, 2.24) is 4.90 Å². The van der Waals surface area contributed by atoms with Crippen LogP contribution in [0.1, 0.15) is 22.3 Å². The summed E-state index contributed by atoms with van der Waals surface area (Å²) in [5.41, 5.74) is 2.83. The molecule has 0 aliphatic carbocycles. The fraction of sp³-hybridized carbons (Fsp3) is 0.346. The summed E-state index contributed by atoms with van der Waals surface area (Å²) in [4.78, 5) is 18.4. The molecule has 2 aromatic carbocycles. The number of rotatable bonds is 8. The number of likely N-dealkylation sites (N-methyl/N-ethyl adjacent to an activating group) is 1. The lowest BCUT2D eigenvalue weighted by Crippen LogP contribution is -2.32. The second kappa shape index (κ2) is 9.58. The van der Waals surface area contributed by atoms with Crippen LogP contribution in [0.4, 0.5) is 5.69 Å². The van der Waals surface area contributed by atoms with Crippen LogP contribution in [-0.4, -0.2) is 65.2 Å². The average molecular weight is 451 g/mol. The van der Waals surface area contributed by atoms with Crippen LogP contribution >= 0.6 is 0 Å². The molecule has 1 aliphatic rings. The molecule has 0 spiro atoms. The van der Waals surface area contributed by atoms with Gasteiger partial charge in [-0.3, -0.25) is 4.79 Å². The first-order valence-corrected chi connectivity index (χ1v) is 10.9. The Morgan fingerprint density at radius 3 is 2.30 bits per heavy atom. The monoisotopic (exact) mass is 450 g/mol. The van der Waals surface area contributed by atoms with Crippen molar-refractivity contribution in [3.63, 3.8) is 0 Å². The van der Waals surface area contributed by atoms with Gasteiger partial charge in [0.1, 0.15) is 5.76 Å². The zero-order valence-electron chi connectivity index (χ0n) is 19.8. The summed E-state index contributed by atoms with van der Waals surface area (Å²) in [6.07, 6.45) is 2.68. The Balaban J connectivity index is 1.81. The standard InChI is InChI=1S/C26H30N2O5/c1-27(2)19-10-11-28(16-19)21-9-8-17(22-7-6-12-33-22)13-20(21)25(29)18-14-23(30-3)26(32-5)24(15-18)31-4/h6-9,12-15,19H,10-11,16H2,1-5H3/t19-/m0/s1. The van der Waals surface area contributed by atoms with Gasteiger partial charge in [0.15, 0.2) is 17.3 Å². The average Bonchev–Trinajstić information content (AvgIpc) is 3.55. The Morgan fingerprint density at radius 1 is 1.03 bits per heavy atom. The molecule has 0 unspecified atom stereocenters. The van der Waals surface area contributed by atoms with Crippen LogP contribution in [0, 0.1) is 0 Å². The summed E-state index contributed by atoms with van der Waals surface area (Å²) < 4.78 is 21.9. The maximum atomic E-state index is 13.9. The van der Waals surface area contributed by atoms with E-state index in [1.165, 1.54) is 0 Å². The number of hydrogen-bond acceptors (Lipinski definition) is 7. The Hall–Kier alpha value is -3.45. The number of nitrogens with zero attached hydrogens (tertiary/aromatic N) is 2. The van der Waals surface area contributed by atoms with Crippen molar-refractivity contribution in [3.05, 3.63) is 59.9 Å². The first-order valence-electron chi connectivity index (χ1n) is 10.9. The molecule has 0 N–H and O–H groups in total. The van der Waals surface area contributed by atoms with E-state index in [-0.39, 0.29) is 5.78 Å². The van der Waals surface area contributed by atoms with Gasteiger partial charge in [-0.05, 0) is 63.0 Å². The molecule has 0 bridgehead atoms. The predicted octanol–water partition coefficient (Wildman–Crippen LogP) is 4.34. The fourth-order valence-electron chi connectivity index (χ4n) is 4.34. The van der Waals surface area contributed by atoms with Gasteiger partial charge < -0.3 is 28.4 Å². The molecule has 7 nitrogen and oxygen atoms in total. The number of furan rings is 1. The van der Waals surface area contributed by atoms with Gasteiger partial charge in [-0.15, -0.1) is 0 Å². The lowest BCUT2D eigenvalue weighted by Gasteiger charge is -2.24. The van der Waals surface area contributed by atoms with E-state index in [0.29, 0.717) is 40.2 Å². The Kier molecular flexibility index (Phi) is 6.60. The molecule has 7 heteroatoms. The SMILES string of the molecule is COc1cc(C(=O)c2cc(-c3ccco3)ccc2N2CC[C@H](N(C)C)C2)cc(OC)c1OC. The highest BCUT2D eigenvalue weighted by molar-refractivity contribution is 6.13. The molecule has 1 saturated heterocycles. The number of ether oxygens (including phenoxy) is 3. The topological polar surface area (TPSA) is 64.4 Å². The molecule has 33 heavy (non-hydrogen) atoms. The molecule has 1 atom stereocenters. The molecule has 1 aromatic heterocycles. The predicted molar refractivity (Wildman–Crippen MR) is 128 cm³/mol. The molecular weight excluding hydrogens is 420 g/mol. The quantitative estimate of drug-likeness (QED) is 0.473. The molecule has 1 aliphatic heterocycles. The van der Waals surface area contributed by atoms with Gasteiger partial charge in [-0.1, -0.05) is 0 Å². The van der Waals surface area contributed by atoms with E-state index in [1.807, 2.05) is 30.3 Å². The number of ketones is 1. The smallest absolute Gasteiger partial charge is 0.203 e. The number of methoxy groups -OCH3 is 3. The Bertz CT molecular complexity index is 1100. The summed E-state index contributed by atoms with van der Waals surface area (Å²) in [5, 5.41) is 0. The highest BCUT2D eigenvalue weighted by atomic mass is 16.5. The summed E-state index contributed by atoms with van der Waals surface area (Å²) in [6, 6.07) is 13.5. The van der Waals surface area contributed by atoms with Gasteiger partial charge in [-0.2, -0.15) is 0 Å². The molecular formula is C26H30N2O5. The summed E-state index contributed by atoms with van der Waals surface area (Å²) >= 11 is 0. The number of hydrogen-bond donors (Lipinski definition) is 0. The minimum absolute atomic E-state index is 0.119. The fourth-order valence-corrected chi connectivity index (χ4v) is 4.34. The lowest BCUT2D eigenvalue weighted by molar-refractivity contribution is 0.103. The normalized spacial score (nSPS) is 15.7. The Morgan fingerprint density at radius 2 is 1.76 bits per heavy atom. The van der Waals surface area contributed by atoms with Gasteiger partial charge >= 0.3 is 0 Å². The number of benzene rings is 2. The molecule has 174 valence electrons. The van der Waals surface area contributed by atoms with Gasteiger partial charge in [0, 0.05) is 41.5 Å². The van der Waals surface area contributed by atoms with Crippen molar-refractivity contribution in [2.75, 3.05) is 53.4 Å². The zero-order chi connectivity index (χ0) is 23.5. The molecule has 0 amide bonds. The maximum Gasteiger partial charge on any atom is 0.203 e. The van der Waals surface area contributed by atoms with Gasteiger partial charge in [0.05, 0.1) is 27.6 Å². The van der Waals surface area contributed by atoms with Crippen LogP contribution in [0.25, 0.3) is 11.3 Å². The number of anilines is 1. The van der Waals surface area contributed by atoms with Crippen molar-refractivity contribution in [2.24, 2.45) is 0 Å². The lowest BCUT2D eigenvalue weighted by atomic mass is 9.97. The zero-order valence-corrected chi connectivity index (χ0v) is 19.8. The molecule has 4 rings (SSSR count). The van der Waals surface area contributed by atoms with Crippen molar-refractivity contribution >= 4 is 11.5 Å². The van der Waals surface area contributed by atoms with Crippen molar-refractivity contribution in [3.8, 4) is 28.6 Å². The van der Waals surface area contributed by atoms with Crippen LogP contribution in [0.5, 0.6) is 17.2 Å². The summed E-state index contributed by atoms with van der Waals surface area (Å²) in [5.74, 6) is 1.93. The molecule has 2 heterocycles.